The van der Waals surface area contributed by atoms with Crippen LogP contribution in [0.4, 0.5) is 0 Å². The van der Waals surface area contributed by atoms with Crippen molar-refractivity contribution in [3.05, 3.63) is 24.2 Å². The third kappa shape index (κ3) is 4.86. The van der Waals surface area contributed by atoms with Gasteiger partial charge in [-0.3, -0.25) is 9.69 Å². The highest BCUT2D eigenvalue weighted by Gasteiger charge is 2.24. The van der Waals surface area contributed by atoms with E-state index in [1.807, 2.05) is 12.1 Å². The van der Waals surface area contributed by atoms with Crippen LogP contribution in [-0.2, 0) is 11.3 Å². The Balaban J connectivity index is 1.29. The number of nitrogens with one attached hydrogen (secondary N) is 2. The molecule has 1 saturated carbocycles. The fourth-order valence-electron chi connectivity index (χ4n) is 2.81. The number of carbonyl (C=O) groups is 1. The van der Waals surface area contributed by atoms with E-state index in [-0.39, 0.29) is 5.91 Å². The van der Waals surface area contributed by atoms with E-state index in [9.17, 15) is 4.79 Å². The van der Waals surface area contributed by atoms with Crippen molar-refractivity contribution in [2.75, 3.05) is 26.2 Å². The molecule has 1 aromatic heterocycles. The predicted octanol–water partition coefficient (Wildman–Crippen LogP) is 1.36. The van der Waals surface area contributed by atoms with Gasteiger partial charge in [0.15, 0.2) is 0 Å². The molecule has 1 saturated heterocycles. The monoisotopic (exact) mass is 291 g/mol. The van der Waals surface area contributed by atoms with Crippen LogP contribution in [0.25, 0.3) is 0 Å². The number of amides is 1. The molecule has 0 aromatic carbocycles. The molecule has 1 aromatic rings. The zero-order valence-electron chi connectivity index (χ0n) is 12.5. The molecule has 3 rings (SSSR count). The minimum atomic E-state index is 0.0794. The van der Waals surface area contributed by atoms with Gasteiger partial charge in [0.25, 0.3) is 0 Å². The summed E-state index contributed by atoms with van der Waals surface area (Å²) >= 11 is 0. The van der Waals surface area contributed by atoms with Crippen LogP contribution < -0.4 is 10.6 Å². The first kappa shape index (κ1) is 14.6. The number of carbonyl (C=O) groups excluding carboxylic acids is 1. The molecular weight excluding hydrogens is 266 g/mol. The zero-order chi connectivity index (χ0) is 14.5. The smallest absolute Gasteiger partial charge is 0.234 e. The maximum Gasteiger partial charge on any atom is 0.234 e. The molecule has 0 unspecified atom stereocenters. The van der Waals surface area contributed by atoms with Crippen molar-refractivity contribution in [2.24, 2.45) is 5.92 Å². The van der Waals surface area contributed by atoms with Crippen LogP contribution in [-0.4, -0.2) is 43.0 Å². The Hall–Kier alpha value is -1.33. The second kappa shape index (κ2) is 7.09. The predicted molar refractivity (Wildman–Crippen MR) is 80.7 cm³/mol. The summed E-state index contributed by atoms with van der Waals surface area (Å²) in [6, 6.07) is 4.35. The second-order valence-electron chi connectivity index (χ2n) is 6.26. The Labute approximate surface area is 126 Å². The third-order valence-electron chi connectivity index (χ3n) is 4.39. The number of furan rings is 1. The molecule has 2 aliphatic rings. The van der Waals surface area contributed by atoms with Crippen molar-refractivity contribution in [1.29, 1.82) is 0 Å². The number of hydrogen-bond donors (Lipinski definition) is 2. The Morgan fingerprint density at radius 2 is 2.10 bits per heavy atom. The Morgan fingerprint density at radius 3 is 2.76 bits per heavy atom. The minimum absolute atomic E-state index is 0.0794. The third-order valence-corrected chi connectivity index (χ3v) is 4.39. The van der Waals surface area contributed by atoms with Crippen LogP contribution >= 0.6 is 0 Å². The lowest BCUT2D eigenvalue weighted by Gasteiger charge is -2.32. The van der Waals surface area contributed by atoms with Crippen LogP contribution in [0.5, 0.6) is 0 Å². The van der Waals surface area contributed by atoms with E-state index in [4.69, 9.17) is 4.42 Å². The van der Waals surface area contributed by atoms with Crippen LogP contribution in [0.1, 0.15) is 31.4 Å². The number of hydrogen-bond acceptors (Lipinski definition) is 4. The summed E-state index contributed by atoms with van der Waals surface area (Å²) in [6.07, 6.45) is 6.74. The topological polar surface area (TPSA) is 57.5 Å². The summed E-state index contributed by atoms with van der Waals surface area (Å²) in [5.41, 5.74) is 0. The van der Waals surface area contributed by atoms with Crippen molar-refractivity contribution in [1.82, 2.24) is 15.5 Å². The number of likely N-dealkylation sites (tertiary alicyclic amines) is 1. The molecule has 0 radical (unpaired) electrons. The highest BCUT2D eigenvalue weighted by Crippen LogP contribution is 2.28. The Kier molecular flexibility index (Phi) is 4.93. The van der Waals surface area contributed by atoms with E-state index >= 15 is 0 Å². The van der Waals surface area contributed by atoms with Crippen LogP contribution in [0, 0.1) is 5.92 Å². The largest absolute Gasteiger partial charge is 0.467 e. The summed E-state index contributed by atoms with van der Waals surface area (Å²) in [5, 5.41) is 6.56. The summed E-state index contributed by atoms with van der Waals surface area (Å²) in [6.45, 7) is 4.18. The standard InChI is InChI=1S/C16H25N3O2/c20-16(18-11-15-2-1-9-21-15)12-19-7-5-14(6-8-19)17-10-13-3-4-13/h1-2,9,13-14,17H,3-8,10-12H2,(H,18,20). The molecule has 0 atom stereocenters. The van der Waals surface area contributed by atoms with Crippen LogP contribution in [0.15, 0.2) is 22.8 Å². The van der Waals surface area contributed by atoms with Gasteiger partial charge < -0.3 is 15.1 Å². The van der Waals surface area contributed by atoms with E-state index in [0.29, 0.717) is 19.1 Å². The number of rotatable bonds is 7. The van der Waals surface area contributed by atoms with Gasteiger partial charge in [-0.2, -0.15) is 0 Å². The van der Waals surface area contributed by atoms with Gasteiger partial charge in [-0.1, -0.05) is 0 Å². The molecule has 5 nitrogen and oxygen atoms in total. The molecule has 2 fully saturated rings. The molecule has 1 aliphatic heterocycles. The van der Waals surface area contributed by atoms with Crippen molar-refractivity contribution in [3.63, 3.8) is 0 Å². The summed E-state index contributed by atoms with van der Waals surface area (Å²) in [7, 11) is 0. The highest BCUT2D eigenvalue weighted by molar-refractivity contribution is 5.77. The first-order valence-electron chi connectivity index (χ1n) is 8.04. The van der Waals surface area contributed by atoms with Crippen molar-refractivity contribution >= 4 is 5.91 Å². The van der Waals surface area contributed by atoms with Crippen molar-refractivity contribution in [3.8, 4) is 0 Å². The van der Waals surface area contributed by atoms with Crippen molar-refractivity contribution in [2.45, 2.75) is 38.3 Å². The number of piperidine rings is 1. The molecule has 2 N–H and O–H groups in total. The molecule has 5 heteroatoms. The maximum absolute atomic E-state index is 11.9. The average Bonchev–Trinajstić information content (AvgIpc) is 3.18. The fourth-order valence-corrected chi connectivity index (χ4v) is 2.81. The molecule has 1 aliphatic carbocycles. The summed E-state index contributed by atoms with van der Waals surface area (Å²) in [4.78, 5) is 14.1. The van der Waals surface area contributed by atoms with Gasteiger partial charge in [0, 0.05) is 19.1 Å². The lowest BCUT2D eigenvalue weighted by molar-refractivity contribution is -0.122. The minimum Gasteiger partial charge on any atom is -0.467 e. The maximum atomic E-state index is 11.9. The van der Waals surface area contributed by atoms with Gasteiger partial charge in [0.2, 0.25) is 5.91 Å². The molecular formula is C16H25N3O2. The molecule has 21 heavy (non-hydrogen) atoms. The Bertz CT molecular complexity index is 434. The molecule has 1 amide bonds. The highest BCUT2D eigenvalue weighted by atomic mass is 16.3. The lowest BCUT2D eigenvalue weighted by atomic mass is 10.0. The first-order valence-corrected chi connectivity index (χ1v) is 8.04. The molecule has 116 valence electrons. The SMILES string of the molecule is O=C(CN1CCC(NCC2CC2)CC1)NCc1ccco1. The van der Waals surface area contributed by atoms with Gasteiger partial charge in [0.1, 0.15) is 5.76 Å². The van der Waals surface area contributed by atoms with E-state index < -0.39 is 0 Å². The second-order valence-corrected chi connectivity index (χ2v) is 6.26. The fraction of sp³-hybridized carbons (Fsp3) is 0.688. The van der Waals surface area contributed by atoms with Crippen molar-refractivity contribution < 1.29 is 9.21 Å². The quantitative estimate of drug-likeness (QED) is 0.796. The van der Waals surface area contributed by atoms with E-state index in [2.05, 4.69) is 15.5 Å². The zero-order valence-corrected chi connectivity index (χ0v) is 12.5. The number of nitrogens with zero attached hydrogens (tertiary/aromatic N) is 1. The lowest BCUT2D eigenvalue weighted by Crippen LogP contribution is -2.46. The van der Waals surface area contributed by atoms with Gasteiger partial charge in [0.05, 0.1) is 19.4 Å². The van der Waals surface area contributed by atoms with Gasteiger partial charge >= 0.3 is 0 Å². The normalized spacial score (nSPS) is 20.6. The van der Waals surface area contributed by atoms with E-state index in [0.717, 1.165) is 37.6 Å². The van der Waals surface area contributed by atoms with Crippen LogP contribution in [0.3, 0.4) is 0 Å². The summed E-state index contributed by atoms with van der Waals surface area (Å²) in [5.74, 6) is 1.82. The Morgan fingerprint density at radius 1 is 1.29 bits per heavy atom. The van der Waals surface area contributed by atoms with E-state index in [1.165, 1.54) is 19.4 Å². The molecule has 0 bridgehead atoms. The van der Waals surface area contributed by atoms with Gasteiger partial charge in [-0.15, -0.1) is 0 Å². The molecule has 2 heterocycles. The van der Waals surface area contributed by atoms with Crippen LogP contribution in [0.2, 0.25) is 0 Å². The molecule has 0 spiro atoms. The van der Waals surface area contributed by atoms with Gasteiger partial charge in [-0.05, 0) is 50.3 Å². The van der Waals surface area contributed by atoms with E-state index in [1.54, 1.807) is 6.26 Å². The first-order chi connectivity index (χ1) is 10.3. The average molecular weight is 291 g/mol. The summed E-state index contributed by atoms with van der Waals surface area (Å²) < 4.78 is 5.20. The van der Waals surface area contributed by atoms with Gasteiger partial charge in [-0.25, -0.2) is 0 Å².